The van der Waals surface area contributed by atoms with Gasteiger partial charge >= 0.3 is 0 Å². The average Bonchev–Trinajstić information content (AvgIpc) is 3.30. The molecular formula is C25H24N4O3. The molecule has 0 radical (unpaired) electrons. The molecule has 7 heteroatoms. The minimum Gasteiger partial charge on any atom is -0.454 e. The second-order valence-corrected chi connectivity index (χ2v) is 8.63. The second kappa shape index (κ2) is 7.88. The van der Waals surface area contributed by atoms with Crippen LogP contribution in [-0.2, 0) is 6.54 Å². The number of hydrogen-bond donors (Lipinski definition) is 0. The summed E-state index contributed by atoms with van der Waals surface area (Å²) in [5.41, 5.74) is 2.93. The van der Waals surface area contributed by atoms with Gasteiger partial charge in [0.25, 0.3) is 0 Å². The Morgan fingerprint density at radius 2 is 1.78 bits per heavy atom. The van der Waals surface area contributed by atoms with Crippen LogP contribution in [0.1, 0.15) is 41.0 Å². The number of nitriles is 1. The smallest absolute Gasteiger partial charge is 0.234 e. The van der Waals surface area contributed by atoms with Crippen molar-refractivity contribution in [3.63, 3.8) is 0 Å². The van der Waals surface area contributed by atoms with E-state index in [0.29, 0.717) is 30.2 Å². The number of anilines is 1. The zero-order valence-electron chi connectivity index (χ0n) is 17.7. The molecule has 3 heterocycles. The van der Waals surface area contributed by atoms with Crippen molar-refractivity contribution in [3.05, 3.63) is 71.2 Å². The van der Waals surface area contributed by atoms with E-state index in [-0.39, 0.29) is 5.92 Å². The normalized spacial score (nSPS) is 22.0. The van der Waals surface area contributed by atoms with E-state index in [1.807, 2.05) is 12.1 Å². The summed E-state index contributed by atoms with van der Waals surface area (Å²) in [6, 6.07) is 18.8. The highest BCUT2D eigenvalue weighted by molar-refractivity contribution is 5.49. The minimum absolute atomic E-state index is 0.269. The second-order valence-electron chi connectivity index (χ2n) is 8.63. The number of nitrogens with zero attached hydrogens (tertiary/aromatic N) is 4. The number of piperazine rings is 1. The Morgan fingerprint density at radius 3 is 2.59 bits per heavy atom. The van der Waals surface area contributed by atoms with E-state index in [1.54, 1.807) is 0 Å². The summed E-state index contributed by atoms with van der Waals surface area (Å²) in [5, 5.41) is 9.64. The fourth-order valence-corrected chi connectivity index (χ4v) is 4.72. The summed E-state index contributed by atoms with van der Waals surface area (Å²) < 4.78 is 17.1. The van der Waals surface area contributed by atoms with E-state index in [4.69, 9.17) is 13.9 Å². The Balaban J connectivity index is 1.10. The van der Waals surface area contributed by atoms with Gasteiger partial charge in [-0.2, -0.15) is 5.26 Å². The monoisotopic (exact) mass is 428 g/mol. The summed E-state index contributed by atoms with van der Waals surface area (Å²) in [7, 11) is 0. The van der Waals surface area contributed by atoms with Crippen LogP contribution in [0.15, 0.2) is 52.9 Å². The topological polar surface area (TPSA) is 74.8 Å². The molecule has 6 rings (SSSR count). The molecule has 32 heavy (non-hydrogen) atoms. The molecule has 7 nitrogen and oxygen atoms in total. The molecule has 1 aromatic heterocycles. The zero-order valence-corrected chi connectivity index (χ0v) is 17.7. The molecule has 0 N–H and O–H groups in total. The van der Waals surface area contributed by atoms with Crippen LogP contribution < -0.4 is 14.4 Å². The quantitative estimate of drug-likeness (QED) is 0.611. The van der Waals surface area contributed by atoms with E-state index in [1.165, 1.54) is 11.1 Å². The van der Waals surface area contributed by atoms with Crippen molar-refractivity contribution in [3.8, 4) is 17.6 Å². The molecular weight excluding hydrogens is 404 g/mol. The third-order valence-corrected chi connectivity index (χ3v) is 6.57. The van der Waals surface area contributed by atoms with Gasteiger partial charge in [0, 0.05) is 38.6 Å². The predicted molar refractivity (Wildman–Crippen MR) is 118 cm³/mol. The first-order valence-corrected chi connectivity index (χ1v) is 11.1. The average molecular weight is 428 g/mol. The molecule has 1 aliphatic carbocycles. The van der Waals surface area contributed by atoms with Crippen LogP contribution in [0.3, 0.4) is 0 Å². The van der Waals surface area contributed by atoms with Gasteiger partial charge in [-0.25, -0.2) is 4.98 Å². The maximum absolute atomic E-state index is 9.64. The molecule has 3 aromatic rings. The summed E-state index contributed by atoms with van der Waals surface area (Å²) in [6.07, 6.45) is 1.03. The minimum atomic E-state index is 0.269. The standard InChI is InChI=1S/C25H24N4O3/c26-14-21-25(32-24(27-21)20-13-19(20)18-4-2-1-3-5-18)29-10-8-28(9-11-29)15-17-6-7-22-23(12-17)31-16-30-22/h1-7,12,19-20H,8-11,13,15-16H2/t19-,20+/m1/s1. The lowest BCUT2D eigenvalue weighted by Gasteiger charge is -2.34. The Bertz CT molecular complexity index is 1160. The zero-order chi connectivity index (χ0) is 21.5. The Morgan fingerprint density at radius 1 is 0.969 bits per heavy atom. The van der Waals surface area contributed by atoms with Crippen LogP contribution in [0.5, 0.6) is 11.5 Å². The van der Waals surface area contributed by atoms with Gasteiger partial charge in [0.2, 0.25) is 24.3 Å². The molecule has 2 atom stereocenters. The van der Waals surface area contributed by atoms with Crippen molar-refractivity contribution in [2.75, 3.05) is 37.9 Å². The molecule has 0 bridgehead atoms. The van der Waals surface area contributed by atoms with Crippen molar-refractivity contribution < 1.29 is 13.9 Å². The summed E-state index contributed by atoms with van der Waals surface area (Å²) in [4.78, 5) is 9.12. The lowest BCUT2D eigenvalue weighted by molar-refractivity contribution is 0.174. The molecule has 0 spiro atoms. The van der Waals surface area contributed by atoms with E-state index in [2.05, 4.69) is 57.3 Å². The number of rotatable bonds is 5. The van der Waals surface area contributed by atoms with Crippen molar-refractivity contribution in [1.29, 1.82) is 5.26 Å². The predicted octanol–water partition coefficient (Wildman–Crippen LogP) is 3.87. The number of ether oxygens (including phenoxy) is 2. The third kappa shape index (κ3) is 3.57. The SMILES string of the molecule is N#Cc1nc([C@H]2C[C@@H]2c2ccccc2)oc1N1CCN(Cc2ccc3c(c2)OCO3)CC1. The highest BCUT2D eigenvalue weighted by Gasteiger charge is 2.44. The van der Waals surface area contributed by atoms with Crippen molar-refractivity contribution in [2.24, 2.45) is 0 Å². The van der Waals surface area contributed by atoms with Crippen LogP contribution >= 0.6 is 0 Å². The number of oxazole rings is 1. The van der Waals surface area contributed by atoms with Crippen molar-refractivity contribution >= 4 is 5.88 Å². The first kappa shape index (κ1) is 19.2. The van der Waals surface area contributed by atoms with Crippen LogP contribution in [0.2, 0.25) is 0 Å². The van der Waals surface area contributed by atoms with Gasteiger partial charge < -0.3 is 18.8 Å². The maximum Gasteiger partial charge on any atom is 0.234 e. The van der Waals surface area contributed by atoms with E-state index in [9.17, 15) is 5.26 Å². The number of fused-ring (bicyclic) bond motifs is 1. The molecule has 2 aromatic carbocycles. The first-order valence-electron chi connectivity index (χ1n) is 11.1. The summed E-state index contributed by atoms with van der Waals surface area (Å²) >= 11 is 0. The van der Waals surface area contributed by atoms with E-state index >= 15 is 0 Å². The Kier molecular flexibility index (Phi) is 4.73. The third-order valence-electron chi connectivity index (χ3n) is 6.57. The highest BCUT2D eigenvalue weighted by atomic mass is 16.7. The molecule has 2 fully saturated rings. The molecule has 1 saturated heterocycles. The fraction of sp³-hybridized carbons (Fsp3) is 0.360. The lowest BCUT2D eigenvalue weighted by atomic mass is 10.1. The summed E-state index contributed by atoms with van der Waals surface area (Å²) in [6.45, 7) is 4.56. The van der Waals surface area contributed by atoms with Crippen molar-refractivity contribution in [2.45, 2.75) is 24.8 Å². The summed E-state index contributed by atoms with van der Waals surface area (Å²) in [5.74, 6) is 3.67. The van der Waals surface area contributed by atoms with E-state index < -0.39 is 0 Å². The Labute approximate surface area is 186 Å². The fourth-order valence-electron chi connectivity index (χ4n) is 4.72. The van der Waals surface area contributed by atoms with Gasteiger partial charge in [0.1, 0.15) is 6.07 Å². The molecule has 2 aliphatic heterocycles. The van der Waals surface area contributed by atoms with Gasteiger partial charge in [0.05, 0.1) is 0 Å². The highest BCUT2D eigenvalue weighted by Crippen LogP contribution is 2.54. The van der Waals surface area contributed by atoms with Gasteiger partial charge in [0.15, 0.2) is 11.5 Å². The van der Waals surface area contributed by atoms with Crippen molar-refractivity contribution in [1.82, 2.24) is 9.88 Å². The Hall–Kier alpha value is -3.50. The first-order chi connectivity index (χ1) is 15.8. The van der Waals surface area contributed by atoms with E-state index in [0.717, 1.165) is 50.6 Å². The van der Waals surface area contributed by atoms with Crippen LogP contribution in [-0.4, -0.2) is 42.9 Å². The number of hydrogen-bond acceptors (Lipinski definition) is 7. The van der Waals surface area contributed by atoms with Crippen LogP contribution in [0, 0.1) is 11.3 Å². The van der Waals surface area contributed by atoms with Crippen LogP contribution in [0.25, 0.3) is 0 Å². The molecule has 1 saturated carbocycles. The number of benzene rings is 2. The lowest BCUT2D eigenvalue weighted by Crippen LogP contribution is -2.46. The molecule has 3 aliphatic rings. The van der Waals surface area contributed by atoms with Crippen LogP contribution in [0.4, 0.5) is 5.88 Å². The molecule has 162 valence electrons. The largest absolute Gasteiger partial charge is 0.454 e. The maximum atomic E-state index is 9.64. The molecule has 0 unspecified atom stereocenters. The van der Waals surface area contributed by atoms with Gasteiger partial charge in [-0.05, 0) is 35.6 Å². The van der Waals surface area contributed by atoms with Gasteiger partial charge in [-0.3, -0.25) is 4.90 Å². The number of aromatic nitrogens is 1. The van der Waals surface area contributed by atoms with Gasteiger partial charge in [-0.15, -0.1) is 0 Å². The van der Waals surface area contributed by atoms with Gasteiger partial charge in [-0.1, -0.05) is 36.4 Å². The molecule has 0 amide bonds.